The SMILES string of the molecule is CN(CCc1ccc2c(c1)OCCO2)CC1(N)CC1. The van der Waals surface area contributed by atoms with E-state index in [1.165, 1.54) is 18.4 Å². The molecule has 1 fully saturated rings. The summed E-state index contributed by atoms with van der Waals surface area (Å²) in [6.07, 6.45) is 3.35. The summed E-state index contributed by atoms with van der Waals surface area (Å²) < 4.78 is 11.1. The second kappa shape index (κ2) is 5.02. The highest BCUT2D eigenvalue weighted by Gasteiger charge is 2.38. The molecule has 1 aromatic rings. The van der Waals surface area contributed by atoms with Crippen LogP contribution in [0.1, 0.15) is 18.4 Å². The molecule has 1 aliphatic carbocycles. The van der Waals surface area contributed by atoms with Gasteiger partial charge in [0.1, 0.15) is 13.2 Å². The molecule has 1 aromatic carbocycles. The molecular weight excluding hydrogens is 240 g/mol. The van der Waals surface area contributed by atoms with Gasteiger partial charge in [0.15, 0.2) is 11.5 Å². The van der Waals surface area contributed by atoms with Crippen LogP contribution in [0, 0.1) is 0 Å². The van der Waals surface area contributed by atoms with Gasteiger partial charge in [-0.3, -0.25) is 0 Å². The monoisotopic (exact) mass is 262 g/mol. The topological polar surface area (TPSA) is 47.7 Å². The van der Waals surface area contributed by atoms with Crippen LogP contribution in [0.3, 0.4) is 0 Å². The van der Waals surface area contributed by atoms with Gasteiger partial charge in [-0.2, -0.15) is 0 Å². The molecule has 0 radical (unpaired) electrons. The maximum absolute atomic E-state index is 6.13. The van der Waals surface area contributed by atoms with Gasteiger partial charge in [-0.1, -0.05) is 6.07 Å². The molecule has 0 bridgehead atoms. The molecule has 0 amide bonds. The summed E-state index contributed by atoms with van der Waals surface area (Å²) >= 11 is 0. The van der Waals surface area contributed by atoms with Crippen LogP contribution in [0.5, 0.6) is 11.5 Å². The number of nitrogens with zero attached hydrogens (tertiary/aromatic N) is 1. The van der Waals surface area contributed by atoms with Gasteiger partial charge >= 0.3 is 0 Å². The van der Waals surface area contributed by atoms with Crippen molar-refractivity contribution in [1.29, 1.82) is 0 Å². The van der Waals surface area contributed by atoms with Gasteiger partial charge in [-0.15, -0.1) is 0 Å². The third-order valence-electron chi connectivity index (χ3n) is 3.87. The van der Waals surface area contributed by atoms with Gasteiger partial charge in [0.2, 0.25) is 0 Å². The van der Waals surface area contributed by atoms with E-state index < -0.39 is 0 Å². The Kier molecular flexibility index (Phi) is 3.37. The number of ether oxygens (including phenoxy) is 2. The summed E-state index contributed by atoms with van der Waals surface area (Å²) in [6, 6.07) is 6.23. The van der Waals surface area contributed by atoms with Crippen molar-refractivity contribution in [3.63, 3.8) is 0 Å². The van der Waals surface area contributed by atoms with Crippen LogP contribution in [-0.2, 0) is 6.42 Å². The molecule has 1 heterocycles. The normalized spacial score (nSPS) is 19.5. The number of fused-ring (bicyclic) bond motifs is 1. The third kappa shape index (κ3) is 3.19. The summed E-state index contributed by atoms with van der Waals surface area (Å²) in [5, 5.41) is 0. The predicted octanol–water partition coefficient (Wildman–Crippen LogP) is 1.42. The zero-order valence-electron chi connectivity index (χ0n) is 11.5. The van der Waals surface area contributed by atoms with E-state index in [0.717, 1.165) is 31.0 Å². The van der Waals surface area contributed by atoms with Crippen molar-refractivity contribution < 1.29 is 9.47 Å². The minimum Gasteiger partial charge on any atom is -0.486 e. The van der Waals surface area contributed by atoms with E-state index in [4.69, 9.17) is 15.2 Å². The fraction of sp³-hybridized carbons (Fsp3) is 0.600. The van der Waals surface area contributed by atoms with Crippen molar-refractivity contribution in [2.45, 2.75) is 24.8 Å². The molecule has 19 heavy (non-hydrogen) atoms. The smallest absolute Gasteiger partial charge is 0.161 e. The number of nitrogens with two attached hydrogens (primary N) is 1. The molecular formula is C15H22N2O2. The maximum atomic E-state index is 6.13. The molecule has 2 N–H and O–H groups in total. The molecule has 2 aliphatic rings. The molecule has 104 valence electrons. The lowest BCUT2D eigenvalue weighted by atomic mass is 10.1. The van der Waals surface area contributed by atoms with E-state index in [1.807, 2.05) is 6.07 Å². The summed E-state index contributed by atoms with van der Waals surface area (Å²) in [4.78, 5) is 2.32. The molecule has 1 aliphatic heterocycles. The van der Waals surface area contributed by atoms with Crippen LogP contribution in [0.25, 0.3) is 0 Å². The van der Waals surface area contributed by atoms with Crippen LogP contribution in [0.15, 0.2) is 18.2 Å². The molecule has 4 heteroatoms. The van der Waals surface area contributed by atoms with Crippen LogP contribution in [0.4, 0.5) is 0 Å². The van der Waals surface area contributed by atoms with Gasteiger partial charge in [0.25, 0.3) is 0 Å². The third-order valence-corrected chi connectivity index (χ3v) is 3.87. The lowest BCUT2D eigenvalue weighted by molar-refractivity contribution is 0.171. The van der Waals surface area contributed by atoms with E-state index in [9.17, 15) is 0 Å². The quantitative estimate of drug-likeness (QED) is 0.872. The van der Waals surface area contributed by atoms with E-state index >= 15 is 0 Å². The van der Waals surface area contributed by atoms with Crippen molar-refractivity contribution in [2.24, 2.45) is 5.73 Å². The predicted molar refractivity (Wildman–Crippen MR) is 74.8 cm³/mol. The molecule has 0 unspecified atom stereocenters. The standard InChI is InChI=1S/C15H22N2O2/c1-17(11-15(16)5-6-15)7-4-12-2-3-13-14(10-12)19-9-8-18-13/h2-3,10H,4-9,11,16H2,1H3. The number of hydrogen-bond acceptors (Lipinski definition) is 4. The lowest BCUT2D eigenvalue weighted by Gasteiger charge is -2.22. The van der Waals surface area contributed by atoms with Gasteiger partial charge < -0.3 is 20.1 Å². The summed E-state index contributed by atoms with van der Waals surface area (Å²) in [7, 11) is 2.14. The molecule has 0 aromatic heterocycles. The van der Waals surface area contributed by atoms with Crippen LogP contribution in [0.2, 0.25) is 0 Å². The van der Waals surface area contributed by atoms with Gasteiger partial charge in [-0.05, 0) is 44.0 Å². The summed E-state index contributed by atoms with van der Waals surface area (Å²) in [5.41, 5.74) is 7.52. The van der Waals surface area contributed by atoms with Crippen LogP contribution >= 0.6 is 0 Å². The largest absolute Gasteiger partial charge is 0.486 e. The fourth-order valence-corrected chi connectivity index (χ4v) is 2.50. The van der Waals surface area contributed by atoms with Crippen molar-refractivity contribution in [3.8, 4) is 11.5 Å². The number of likely N-dealkylation sites (N-methyl/N-ethyl adjacent to an activating group) is 1. The Hall–Kier alpha value is -1.26. The van der Waals surface area contributed by atoms with Crippen molar-refractivity contribution in [2.75, 3.05) is 33.4 Å². The molecule has 4 nitrogen and oxygen atoms in total. The van der Waals surface area contributed by atoms with Gasteiger partial charge in [0.05, 0.1) is 0 Å². The zero-order chi connectivity index (χ0) is 13.3. The van der Waals surface area contributed by atoms with E-state index in [1.54, 1.807) is 0 Å². The van der Waals surface area contributed by atoms with E-state index in [2.05, 4.69) is 24.1 Å². The zero-order valence-corrected chi connectivity index (χ0v) is 11.5. The highest BCUT2D eigenvalue weighted by molar-refractivity contribution is 5.43. The Morgan fingerprint density at radius 3 is 2.68 bits per heavy atom. The average Bonchev–Trinajstić information content (AvgIpc) is 3.13. The lowest BCUT2D eigenvalue weighted by Crippen LogP contribution is -2.38. The maximum Gasteiger partial charge on any atom is 0.161 e. The second-order valence-corrected chi connectivity index (χ2v) is 5.83. The highest BCUT2D eigenvalue weighted by Crippen LogP contribution is 2.33. The second-order valence-electron chi connectivity index (χ2n) is 5.83. The van der Waals surface area contributed by atoms with Gasteiger partial charge in [0, 0.05) is 18.6 Å². The van der Waals surface area contributed by atoms with E-state index in [0.29, 0.717) is 13.2 Å². The van der Waals surface area contributed by atoms with Crippen molar-refractivity contribution in [3.05, 3.63) is 23.8 Å². The number of hydrogen-bond donors (Lipinski definition) is 1. The molecule has 1 saturated carbocycles. The first-order valence-electron chi connectivity index (χ1n) is 7.01. The first-order chi connectivity index (χ1) is 9.15. The van der Waals surface area contributed by atoms with Crippen LogP contribution in [-0.4, -0.2) is 43.8 Å². The minimum atomic E-state index is 0.0988. The summed E-state index contributed by atoms with van der Waals surface area (Å²) in [5.74, 6) is 1.74. The van der Waals surface area contributed by atoms with Crippen LogP contribution < -0.4 is 15.2 Å². The van der Waals surface area contributed by atoms with Gasteiger partial charge in [-0.25, -0.2) is 0 Å². The molecule has 0 spiro atoms. The fourth-order valence-electron chi connectivity index (χ4n) is 2.50. The number of benzene rings is 1. The minimum absolute atomic E-state index is 0.0988. The Morgan fingerprint density at radius 1 is 1.21 bits per heavy atom. The Labute approximate surface area is 114 Å². The Balaban J connectivity index is 1.54. The average molecular weight is 262 g/mol. The Morgan fingerprint density at radius 2 is 1.95 bits per heavy atom. The molecule has 0 saturated heterocycles. The number of rotatable bonds is 5. The Bertz CT molecular complexity index is 457. The van der Waals surface area contributed by atoms with Crippen molar-refractivity contribution >= 4 is 0 Å². The van der Waals surface area contributed by atoms with Crippen molar-refractivity contribution in [1.82, 2.24) is 4.90 Å². The highest BCUT2D eigenvalue weighted by atomic mass is 16.6. The molecule has 0 atom stereocenters. The molecule has 3 rings (SSSR count). The summed E-state index contributed by atoms with van der Waals surface area (Å²) in [6.45, 7) is 3.32. The first-order valence-corrected chi connectivity index (χ1v) is 7.01. The first kappa shape index (κ1) is 12.8. The van der Waals surface area contributed by atoms with E-state index in [-0.39, 0.29) is 5.54 Å².